The second kappa shape index (κ2) is 8.33. The lowest BCUT2D eigenvalue weighted by Gasteiger charge is -2.39. The van der Waals surface area contributed by atoms with Gasteiger partial charge >= 0.3 is 0 Å². The van der Waals surface area contributed by atoms with Crippen molar-refractivity contribution in [3.63, 3.8) is 0 Å². The predicted octanol–water partition coefficient (Wildman–Crippen LogP) is 2.72. The molecule has 0 aromatic heterocycles. The van der Waals surface area contributed by atoms with Crippen LogP contribution in [0.25, 0.3) is 0 Å². The van der Waals surface area contributed by atoms with Crippen LogP contribution in [0.1, 0.15) is 51.0 Å². The normalized spacial score (nSPS) is 28.6. The van der Waals surface area contributed by atoms with E-state index in [1.807, 2.05) is 6.92 Å². The second-order valence-electron chi connectivity index (χ2n) is 8.16. The van der Waals surface area contributed by atoms with E-state index in [0.717, 1.165) is 64.6 Å². The van der Waals surface area contributed by atoms with Crippen molar-refractivity contribution in [3.8, 4) is 0 Å². The molecule has 0 spiro atoms. The molecule has 4 heteroatoms. The lowest BCUT2D eigenvalue weighted by molar-refractivity contribution is -0.129. The van der Waals surface area contributed by atoms with E-state index in [1.54, 1.807) is 0 Å². The number of amides is 1. The fraction of sp³-hybridized carbons (Fsp3) is 0.667. The number of hydrogen-bond donors (Lipinski definition) is 2. The average Bonchev–Trinajstić information content (AvgIpc) is 2.61. The summed E-state index contributed by atoms with van der Waals surface area (Å²) in [7, 11) is 0. The van der Waals surface area contributed by atoms with Gasteiger partial charge in [0.15, 0.2) is 0 Å². The fourth-order valence-corrected chi connectivity index (χ4v) is 4.32. The molecule has 1 heterocycles. The number of nitrogens with zero attached hydrogens (tertiary/aromatic N) is 1. The van der Waals surface area contributed by atoms with Crippen LogP contribution in [0.5, 0.6) is 0 Å². The van der Waals surface area contributed by atoms with Crippen LogP contribution in [0.4, 0.5) is 0 Å². The van der Waals surface area contributed by atoms with E-state index in [1.165, 1.54) is 5.56 Å². The molecule has 1 aromatic carbocycles. The lowest BCUT2D eigenvalue weighted by Crippen LogP contribution is -2.55. The highest BCUT2D eigenvalue weighted by atomic mass is 16.2. The number of hydrogen-bond acceptors (Lipinski definition) is 3. The Morgan fingerprint density at radius 2 is 1.92 bits per heavy atom. The molecule has 4 nitrogen and oxygen atoms in total. The van der Waals surface area contributed by atoms with Crippen LogP contribution in [-0.2, 0) is 11.2 Å². The molecule has 2 unspecified atom stereocenters. The highest BCUT2D eigenvalue weighted by Gasteiger charge is 2.38. The first kappa shape index (κ1) is 18.4. The number of nitrogens with two attached hydrogens (primary N) is 1. The number of piperidine rings is 1. The van der Waals surface area contributed by atoms with Crippen molar-refractivity contribution < 1.29 is 4.79 Å². The summed E-state index contributed by atoms with van der Waals surface area (Å²) < 4.78 is 0. The summed E-state index contributed by atoms with van der Waals surface area (Å²) in [6.45, 7) is 5.29. The first-order valence-electron chi connectivity index (χ1n) is 9.90. The Morgan fingerprint density at radius 1 is 1.20 bits per heavy atom. The largest absolute Gasteiger partial charge is 0.353 e. The van der Waals surface area contributed by atoms with Crippen LogP contribution < -0.4 is 11.1 Å². The third-order valence-electron chi connectivity index (χ3n) is 6.06. The maximum atomic E-state index is 12.7. The first-order valence-corrected chi connectivity index (χ1v) is 9.90. The van der Waals surface area contributed by atoms with Crippen LogP contribution in [0, 0.1) is 5.92 Å². The van der Waals surface area contributed by atoms with Gasteiger partial charge in [-0.1, -0.05) is 43.2 Å². The van der Waals surface area contributed by atoms with Gasteiger partial charge in [0, 0.05) is 31.2 Å². The van der Waals surface area contributed by atoms with E-state index in [-0.39, 0.29) is 17.4 Å². The Morgan fingerprint density at radius 3 is 2.60 bits per heavy atom. The van der Waals surface area contributed by atoms with Gasteiger partial charge in [0.25, 0.3) is 0 Å². The molecule has 1 amide bonds. The molecule has 3 rings (SSSR count). The fourth-order valence-electron chi connectivity index (χ4n) is 4.32. The molecule has 1 aliphatic heterocycles. The summed E-state index contributed by atoms with van der Waals surface area (Å²) in [4.78, 5) is 15.2. The van der Waals surface area contributed by atoms with Crippen molar-refractivity contribution in [2.24, 2.45) is 11.7 Å². The monoisotopic (exact) mass is 343 g/mol. The number of nitrogens with one attached hydrogen (secondary N) is 1. The maximum Gasteiger partial charge on any atom is 0.225 e. The molecule has 2 atom stereocenters. The zero-order chi connectivity index (χ0) is 17.7. The second-order valence-corrected chi connectivity index (χ2v) is 8.16. The zero-order valence-electron chi connectivity index (χ0n) is 15.5. The van der Waals surface area contributed by atoms with Crippen LogP contribution in [-0.4, -0.2) is 42.0 Å². The summed E-state index contributed by atoms with van der Waals surface area (Å²) in [5.74, 6) is 0.171. The zero-order valence-corrected chi connectivity index (χ0v) is 15.5. The summed E-state index contributed by atoms with van der Waals surface area (Å²) in [5, 5.41) is 3.29. The van der Waals surface area contributed by atoms with Crippen LogP contribution in [0.3, 0.4) is 0 Å². The Bertz CT molecular complexity index is 550. The first-order chi connectivity index (χ1) is 12.0. The maximum absolute atomic E-state index is 12.7. The van der Waals surface area contributed by atoms with Gasteiger partial charge in [-0.15, -0.1) is 0 Å². The van der Waals surface area contributed by atoms with Crippen molar-refractivity contribution in [2.45, 2.75) is 63.5 Å². The minimum atomic E-state index is -0.335. The van der Waals surface area contributed by atoms with Gasteiger partial charge in [-0.2, -0.15) is 0 Å². The van der Waals surface area contributed by atoms with Crippen molar-refractivity contribution in [1.82, 2.24) is 10.2 Å². The van der Waals surface area contributed by atoms with Gasteiger partial charge in [0.05, 0.1) is 5.92 Å². The van der Waals surface area contributed by atoms with E-state index in [4.69, 9.17) is 5.73 Å². The van der Waals surface area contributed by atoms with Gasteiger partial charge in [0.2, 0.25) is 5.91 Å². The van der Waals surface area contributed by atoms with Crippen molar-refractivity contribution in [2.75, 3.05) is 19.6 Å². The molecule has 0 radical (unpaired) electrons. The number of carbonyl (C=O) groups is 1. The van der Waals surface area contributed by atoms with Crippen molar-refractivity contribution in [1.29, 1.82) is 0 Å². The van der Waals surface area contributed by atoms with Gasteiger partial charge in [-0.3, -0.25) is 4.79 Å². The Kier molecular flexibility index (Phi) is 6.13. The van der Waals surface area contributed by atoms with Crippen LogP contribution in [0.2, 0.25) is 0 Å². The highest BCUT2D eigenvalue weighted by Crippen LogP contribution is 2.32. The number of rotatable bonds is 5. The van der Waals surface area contributed by atoms with E-state index in [2.05, 4.69) is 40.5 Å². The van der Waals surface area contributed by atoms with E-state index in [9.17, 15) is 4.79 Å². The molecule has 1 aliphatic carbocycles. The van der Waals surface area contributed by atoms with Gasteiger partial charge in [-0.05, 0) is 44.6 Å². The highest BCUT2D eigenvalue weighted by molar-refractivity contribution is 5.80. The lowest BCUT2D eigenvalue weighted by atomic mass is 9.74. The van der Waals surface area contributed by atoms with E-state index in [0.29, 0.717) is 6.04 Å². The summed E-state index contributed by atoms with van der Waals surface area (Å²) >= 11 is 0. The topological polar surface area (TPSA) is 58.4 Å². The minimum absolute atomic E-state index is 0.0163. The molecule has 138 valence electrons. The quantitative estimate of drug-likeness (QED) is 0.864. The van der Waals surface area contributed by atoms with E-state index >= 15 is 0 Å². The van der Waals surface area contributed by atoms with Crippen LogP contribution >= 0.6 is 0 Å². The minimum Gasteiger partial charge on any atom is -0.353 e. The van der Waals surface area contributed by atoms with Crippen LogP contribution in [0.15, 0.2) is 30.3 Å². The Labute approximate surface area is 152 Å². The molecule has 0 bridgehead atoms. The van der Waals surface area contributed by atoms with Gasteiger partial charge in [-0.25, -0.2) is 0 Å². The molecule has 2 aliphatic rings. The molecule has 1 saturated heterocycles. The number of likely N-dealkylation sites (tertiary alicyclic amines) is 1. The van der Waals surface area contributed by atoms with Crippen molar-refractivity contribution in [3.05, 3.63) is 35.9 Å². The van der Waals surface area contributed by atoms with Gasteiger partial charge in [0.1, 0.15) is 0 Å². The Hall–Kier alpha value is -1.39. The summed E-state index contributed by atoms with van der Waals surface area (Å²) in [5.41, 5.74) is 7.44. The van der Waals surface area contributed by atoms with E-state index < -0.39 is 0 Å². The SMILES string of the molecule is CC1(N)CCCCC1C(=O)NC1CCN(CCc2ccccc2)CC1. The standard InChI is InChI=1S/C21H33N3O/c1-21(22)13-6-5-9-19(21)20(25)23-18-11-15-24(16-12-18)14-10-17-7-3-2-4-8-17/h2-4,7-8,18-19H,5-6,9-16,22H2,1H3,(H,23,25). The molecule has 3 N–H and O–H groups in total. The number of benzene rings is 1. The van der Waals surface area contributed by atoms with Crippen molar-refractivity contribution >= 4 is 5.91 Å². The third-order valence-corrected chi connectivity index (χ3v) is 6.06. The molecule has 2 fully saturated rings. The number of carbonyl (C=O) groups excluding carboxylic acids is 1. The molecule has 25 heavy (non-hydrogen) atoms. The third kappa shape index (κ3) is 5.05. The molecule has 1 saturated carbocycles. The average molecular weight is 344 g/mol. The molecule has 1 aromatic rings. The summed E-state index contributed by atoms with van der Waals surface area (Å²) in [6, 6.07) is 11.0. The van der Waals surface area contributed by atoms with Gasteiger partial charge < -0.3 is 16.0 Å². The molecular formula is C21H33N3O. The Balaban J connectivity index is 1.41. The summed E-state index contributed by atoms with van der Waals surface area (Å²) in [6.07, 6.45) is 7.38. The molecular weight excluding hydrogens is 310 g/mol. The predicted molar refractivity (Wildman–Crippen MR) is 102 cm³/mol. The smallest absolute Gasteiger partial charge is 0.225 e.